The number of aliphatic hydroxyl groups is 1. The summed E-state index contributed by atoms with van der Waals surface area (Å²) in [5.74, 6) is 0.933. The lowest BCUT2D eigenvalue weighted by Crippen LogP contribution is -2.47. The van der Waals surface area contributed by atoms with E-state index >= 15 is 0 Å². The molecule has 1 saturated heterocycles. The molecule has 1 N–H and O–H groups in total. The van der Waals surface area contributed by atoms with Crippen molar-refractivity contribution in [3.63, 3.8) is 0 Å². The Morgan fingerprint density at radius 1 is 1.38 bits per heavy atom. The molecule has 1 fully saturated rings. The van der Waals surface area contributed by atoms with Crippen molar-refractivity contribution < 1.29 is 9.84 Å². The Morgan fingerprint density at radius 2 is 2.15 bits per heavy atom. The molecule has 0 aromatic heterocycles. The van der Waals surface area contributed by atoms with Gasteiger partial charge < -0.3 is 14.7 Å². The molecule has 0 aliphatic carbocycles. The zero-order chi connectivity index (χ0) is 9.52. The van der Waals surface area contributed by atoms with Crippen LogP contribution < -0.4 is 0 Å². The van der Waals surface area contributed by atoms with Crippen LogP contribution in [0.3, 0.4) is 0 Å². The molecule has 1 rings (SSSR count). The van der Waals surface area contributed by atoms with Crippen LogP contribution in [0.25, 0.3) is 0 Å². The van der Waals surface area contributed by atoms with Crippen LogP contribution in [0.15, 0.2) is 0 Å². The van der Waals surface area contributed by atoms with Gasteiger partial charge >= 0.3 is 0 Å². The topological polar surface area (TPSA) is 32.7 Å². The summed E-state index contributed by atoms with van der Waals surface area (Å²) in [7, 11) is 0. The van der Waals surface area contributed by atoms with Gasteiger partial charge in [-0.25, -0.2) is 0 Å². The normalized spacial score (nSPS) is 18.9. The molecule has 3 heteroatoms. The van der Waals surface area contributed by atoms with Crippen molar-refractivity contribution in [3.8, 4) is 0 Å². The monoisotopic (exact) mass is 187 g/mol. The van der Waals surface area contributed by atoms with E-state index in [0.717, 1.165) is 19.1 Å². The zero-order valence-corrected chi connectivity index (χ0v) is 8.54. The molecule has 78 valence electrons. The Kier molecular flexibility index (Phi) is 5.35. The summed E-state index contributed by atoms with van der Waals surface area (Å²) >= 11 is 0. The van der Waals surface area contributed by atoms with E-state index < -0.39 is 0 Å². The molecule has 0 aromatic rings. The summed E-state index contributed by atoms with van der Waals surface area (Å²) < 4.78 is 5.19. The van der Waals surface area contributed by atoms with Crippen molar-refractivity contribution in [2.24, 2.45) is 5.92 Å². The van der Waals surface area contributed by atoms with Gasteiger partial charge in [-0.15, -0.1) is 0 Å². The van der Waals surface area contributed by atoms with Gasteiger partial charge in [0.1, 0.15) is 0 Å². The quantitative estimate of drug-likeness (QED) is 0.596. The van der Waals surface area contributed by atoms with E-state index in [9.17, 15) is 0 Å². The summed E-state index contributed by atoms with van der Waals surface area (Å²) in [6.45, 7) is 7.14. The molecule has 0 bridgehead atoms. The molecule has 1 heterocycles. The highest BCUT2D eigenvalue weighted by Gasteiger charge is 2.24. The van der Waals surface area contributed by atoms with E-state index in [1.165, 1.54) is 25.9 Å². The second-order valence-corrected chi connectivity index (χ2v) is 3.75. The largest absolute Gasteiger partial charge is 0.394 e. The number of hydrogen-bond donors (Lipinski definition) is 1. The standard InChI is InChI=1S/C10H21NO2/c1-2-3-10-8-11(9-10)4-6-13-7-5-12/h10,12H,2-9H2,1H3. The van der Waals surface area contributed by atoms with Crippen LogP contribution in [0.4, 0.5) is 0 Å². The summed E-state index contributed by atoms with van der Waals surface area (Å²) in [6.07, 6.45) is 2.67. The predicted molar refractivity (Wildman–Crippen MR) is 52.7 cm³/mol. The lowest BCUT2D eigenvalue weighted by molar-refractivity contribution is 0.0338. The highest BCUT2D eigenvalue weighted by Crippen LogP contribution is 2.19. The number of hydrogen-bond acceptors (Lipinski definition) is 3. The molecule has 3 nitrogen and oxygen atoms in total. The van der Waals surface area contributed by atoms with E-state index in [4.69, 9.17) is 9.84 Å². The van der Waals surface area contributed by atoms with Gasteiger partial charge in [-0.2, -0.15) is 0 Å². The first-order chi connectivity index (χ1) is 6.36. The Balaban J connectivity index is 1.84. The van der Waals surface area contributed by atoms with Crippen LogP contribution in [0, 0.1) is 5.92 Å². The Bertz CT molecular complexity index is 124. The molecule has 13 heavy (non-hydrogen) atoms. The zero-order valence-electron chi connectivity index (χ0n) is 8.54. The molecular formula is C10H21NO2. The number of ether oxygens (including phenoxy) is 1. The minimum Gasteiger partial charge on any atom is -0.394 e. The summed E-state index contributed by atoms with van der Waals surface area (Å²) in [5.41, 5.74) is 0. The molecule has 0 amide bonds. The first-order valence-electron chi connectivity index (χ1n) is 5.27. The predicted octanol–water partition coefficient (Wildman–Crippen LogP) is 0.727. The third-order valence-electron chi connectivity index (χ3n) is 2.52. The van der Waals surface area contributed by atoms with Gasteiger partial charge in [-0.3, -0.25) is 0 Å². The fourth-order valence-electron chi connectivity index (χ4n) is 1.81. The molecule has 0 saturated carbocycles. The van der Waals surface area contributed by atoms with E-state index in [-0.39, 0.29) is 6.61 Å². The van der Waals surface area contributed by atoms with Crippen molar-refractivity contribution in [2.45, 2.75) is 19.8 Å². The number of rotatable bonds is 7. The molecule has 0 unspecified atom stereocenters. The van der Waals surface area contributed by atoms with Crippen LogP contribution in [0.5, 0.6) is 0 Å². The minimum absolute atomic E-state index is 0.137. The Morgan fingerprint density at radius 3 is 2.77 bits per heavy atom. The first kappa shape index (κ1) is 11.0. The highest BCUT2D eigenvalue weighted by atomic mass is 16.5. The highest BCUT2D eigenvalue weighted by molar-refractivity contribution is 4.78. The fourth-order valence-corrected chi connectivity index (χ4v) is 1.81. The average molecular weight is 187 g/mol. The van der Waals surface area contributed by atoms with Crippen molar-refractivity contribution in [1.29, 1.82) is 0 Å². The SMILES string of the molecule is CCCC1CN(CCOCCO)C1. The molecule has 0 radical (unpaired) electrons. The van der Waals surface area contributed by atoms with Gasteiger partial charge in [0.25, 0.3) is 0 Å². The van der Waals surface area contributed by atoms with Gasteiger partial charge in [0.2, 0.25) is 0 Å². The first-order valence-corrected chi connectivity index (χ1v) is 5.27. The van der Waals surface area contributed by atoms with Crippen LogP contribution in [0.1, 0.15) is 19.8 Å². The molecule has 0 atom stereocenters. The lowest BCUT2D eigenvalue weighted by Gasteiger charge is -2.39. The van der Waals surface area contributed by atoms with Gasteiger partial charge in [-0.05, 0) is 12.3 Å². The summed E-state index contributed by atoms with van der Waals surface area (Å²) in [4.78, 5) is 2.41. The molecule has 0 aromatic carbocycles. The Hall–Kier alpha value is -0.120. The summed E-state index contributed by atoms with van der Waals surface area (Å²) in [6, 6.07) is 0. The maximum atomic E-state index is 8.48. The van der Waals surface area contributed by atoms with Gasteiger partial charge in [0.15, 0.2) is 0 Å². The van der Waals surface area contributed by atoms with E-state index in [1.54, 1.807) is 0 Å². The van der Waals surface area contributed by atoms with Crippen molar-refractivity contribution in [1.82, 2.24) is 4.90 Å². The van der Waals surface area contributed by atoms with Gasteiger partial charge in [0.05, 0.1) is 19.8 Å². The maximum Gasteiger partial charge on any atom is 0.0698 e. The smallest absolute Gasteiger partial charge is 0.0698 e. The van der Waals surface area contributed by atoms with E-state index in [1.807, 2.05) is 0 Å². The number of nitrogens with zero attached hydrogens (tertiary/aromatic N) is 1. The van der Waals surface area contributed by atoms with Crippen molar-refractivity contribution in [2.75, 3.05) is 39.5 Å². The van der Waals surface area contributed by atoms with Crippen LogP contribution in [-0.4, -0.2) is 49.5 Å². The average Bonchev–Trinajstić information content (AvgIpc) is 2.07. The summed E-state index contributed by atoms with van der Waals surface area (Å²) in [5, 5.41) is 8.48. The molecule has 1 aliphatic rings. The maximum absolute atomic E-state index is 8.48. The van der Waals surface area contributed by atoms with Gasteiger partial charge in [0, 0.05) is 19.6 Å². The third-order valence-corrected chi connectivity index (χ3v) is 2.52. The number of likely N-dealkylation sites (tertiary alicyclic amines) is 1. The molecule has 0 spiro atoms. The van der Waals surface area contributed by atoms with Gasteiger partial charge in [-0.1, -0.05) is 13.3 Å². The molecule has 1 aliphatic heterocycles. The van der Waals surface area contributed by atoms with Crippen LogP contribution in [-0.2, 0) is 4.74 Å². The molecular weight excluding hydrogens is 166 g/mol. The van der Waals surface area contributed by atoms with E-state index in [2.05, 4.69) is 11.8 Å². The lowest BCUT2D eigenvalue weighted by atomic mass is 9.95. The van der Waals surface area contributed by atoms with Crippen LogP contribution >= 0.6 is 0 Å². The van der Waals surface area contributed by atoms with Crippen LogP contribution in [0.2, 0.25) is 0 Å². The minimum atomic E-state index is 0.137. The second kappa shape index (κ2) is 6.35. The van der Waals surface area contributed by atoms with Crippen molar-refractivity contribution >= 4 is 0 Å². The Labute approximate surface area is 80.7 Å². The van der Waals surface area contributed by atoms with E-state index in [0.29, 0.717) is 6.61 Å². The number of aliphatic hydroxyl groups excluding tert-OH is 1. The fraction of sp³-hybridized carbons (Fsp3) is 1.00. The third kappa shape index (κ3) is 4.07. The van der Waals surface area contributed by atoms with Crippen molar-refractivity contribution in [3.05, 3.63) is 0 Å². The second-order valence-electron chi connectivity index (χ2n) is 3.75.